The van der Waals surface area contributed by atoms with Gasteiger partial charge in [-0.15, -0.1) is 0 Å². The molecule has 0 saturated carbocycles. The van der Waals surface area contributed by atoms with Crippen molar-refractivity contribution in [3.63, 3.8) is 0 Å². The Labute approximate surface area is 60.8 Å². The van der Waals surface area contributed by atoms with Crippen LogP contribution in [0.2, 0.25) is 0 Å². The highest BCUT2D eigenvalue weighted by Crippen LogP contribution is 2.27. The molecule has 0 aliphatic heterocycles. The summed E-state index contributed by atoms with van der Waals surface area (Å²) in [5.74, 6) is 0. The number of halogens is 2. The van der Waals surface area contributed by atoms with Crippen LogP contribution < -0.4 is 5.32 Å². The number of alkyl halides is 2. The van der Waals surface area contributed by atoms with Gasteiger partial charge in [0.15, 0.2) is 0 Å². The molecule has 0 spiro atoms. The van der Waals surface area contributed by atoms with E-state index in [0.29, 0.717) is 13.0 Å². The second-order valence-corrected chi connectivity index (χ2v) is 3.14. The molecule has 0 saturated heterocycles. The quantitative estimate of drug-likeness (QED) is 0.647. The Hall–Kier alpha value is -0.180. The summed E-state index contributed by atoms with van der Waals surface area (Å²) in [4.78, 5) is 0. The van der Waals surface area contributed by atoms with Crippen LogP contribution in [0.3, 0.4) is 0 Å². The van der Waals surface area contributed by atoms with Crippen molar-refractivity contribution in [1.82, 2.24) is 5.32 Å². The van der Waals surface area contributed by atoms with Gasteiger partial charge in [0.1, 0.15) is 0 Å². The molecule has 0 amide bonds. The number of rotatable bonds is 4. The maximum absolute atomic E-state index is 12.1. The van der Waals surface area contributed by atoms with Crippen molar-refractivity contribution in [3.05, 3.63) is 0 Å². The van der Waals surface area contributed by atoms with Crippen LogP contribution in [-0.2, 0) is 0 Å². The summed E-state index contributed by atoms with van der Waals surface area (Å²) >= 11 is 0. The van der Waals surface area contributed by atoms with E-state index in [0.717, 1.165) is 0 Å². The largest absolute Gasteiger partial charge is 0.320 e. The van der Waals surface area contributed by atoms with E-state index in [-0.39, 0.29) is 0 Å². The van der Waals surface area contributed by atoms with Gasteiger partial charge in [0, 0.05) is 5.41 Å². The third-order valence-electron chi connectivity index (χ3n) is 1.61. The fourth-order valence-corrected chi connectivity index (χ4v) is 0.556. The monoisotopic (exact) mass is 151 g/mol. The molecular weight excluding hydrogens is 136 g/mol. The average molecular weight is 151 g/mol. The maximum Gasteiger partial charge on any atom is 0.243 e. The zero-order valence-corrected chi connectivity index (χ0v) is 6.75. The zero-order valence-electron chi connectivity index (χ0n) is 6.75. The number of nitrogens with one attached hydrogen (secondary N) is 1. The first-order chi connectivity index (χ1) is 4.50. The Morgan fingerprint density at radius 1 is 1.40 bits per heavy atom. The lowest BCUT2D eigenvalue weighted by Gasteiger charge is -2.22. The van der Waals surface area contributed by atoms with Gasteiger partial charge in [-0.25, -0.2) is 8.78 Å². The highest BCUT2D eigenvalue weighted by atomic mass is 19.3. The predicted molar refractivity (Wildman–Crippen MR) is 38.3 cm³/mol. The van der Waals surface area contributed by atoms with Gasteiger partial charge >= 0.3 is 0 Å². The van der Waals surface area contributed by atoms with E-state index in [2.05, 4.69) is 5.32 Å². The lowest BCUT2D eigenvalue weighted by molar-refractivity contribution is 0.0147. The van der Waals surface area contributed by atoms with Gasteiger partial charge in [-0.1, -0.05) is 13.8 Å². The molecular formula is C7H15F2N. The van der Waals surface area contributed by atoms with Crippen LogP contribution in [0.5, 0.6) is 0 Å². The molecule has 0 aromatic heterocycles. The van der Waals surface area contributed by atoms with Crippen molar-refractivity contribution in [2.24, 2.45) is 5.41 Å². The predicted octanol–water partition coefficient (Wildman–Crippen LogP) is 1.89. The standard InChI is InChI=1S/C7H15F2N/c1-7(2,6(8)9)4-5-10-3/h6,10H,4-5H2,1-3H3. The molecule has 0 aliphatic rings. The van der Waals surface area contributed by atoms with E-state index in [1.165, 1.54) is 0 Å². The van der Waals surface area contributed by atoms with E-state index >= 15 is 0 Å². The molecule has 0 fully saturated rings. The first kappa shape index (κ1) is 9.82. The van der Waals surface area contributed by atoms with Gasteiger partial charge in [0.25, 0.3) is 0 Å². The fraction of sp³-hybridized carbons (Fsp3) is 1.00. The molecule has 0 heterocycles. The molecule has 0 aromatic carbocycles. The number of hydrogen-bond donors (Lipinski definition) is 1. The Bertz CT molecular complexity index is 91.6. The highest BCUT2D eigenvalue weighted by Gasteiger charge is 2.28. The fourth-order valence-electron chi connectivity index (χ4n) is 0.556. The second kappa shape index (κ2) is 3.86. The molecule has 0 bridgehead atoms. The minimum Gasteiger partial charge on any atom is -0.320 e. The van der Waals surface area contributed by atoms with Gasteiger partial charge in [-0.2, -0.15) is 0 Å². The molecule has 1 nitrogen and oxygen atoms in total. The molecule has 0 rings (SSSR count). The second-order valence-electron chi connectivity index (χ2n) is 3.14. The Morgan fingerprint density at radius 2 is 1.90 bits per heavy atom. The summed E-state index contributed by atoms with van der Waals surface area (Å²) in [6, 6.07) is 0. The molecule has 0 unspecified atom stereocenters. The Kier molecular flexibility index (Phi) is 3.79. The van der Waals surface area contributed by atoms with Gasteiger partial charge in [-0.3, -0.25) is 0 Å². The summed E-state index contributed by atoms with van der Waals surface area (Å²) in [6.07, 6.45) is -1.71. The third-order valence-corrected chi connectivity index (χ3v) is 1.61. The van der Waals surface area contributed by atoms with E-state index in [9.17, 15) is 8.78 Å². The van der Waals surface area contributed by atoms with Crippen molar-refractivity contribution >= 4 is 0 Å². The molecule has 0 atom stereocenters. The maximum atomic E-state index is 12.1. The third kappa shape index (κ3) is 3.11. The first-order valence-electron chi connectivity index (χ1n) is 3.43. The van der Waals surface area contributed by atoms with Crippen LogP contribution in [0.25, 0.3) is 0 Å². The highest BCUT2D eigenvalue weighted by molar-refractivity contribution is 4.71. The SMILES string of the molecule is CNCCC(C)(C)C(F)F. The molecule has 10 heavy (non-hydrogen) atoms. The molecule has 0 aliphatic carbocycles. The van der Waals surface area contributed by atoms with Crippen LogP contribution in [0, 0.1) is 5.41 Å². The van der Waals surface area contributed by atoms with E-state index in [1.54, 1.807) is 20.9 Å². The summed E-state index contributed by atoms with van der Waals surface area (Å²) < 4.78 is 24.2. The lowest BCUT2D eigenvalue weighted by atomic mass is 9.90. The van der Waals surface area contributed by atoms with Crippen LogP contribution >= 0.6 is 0 Å². The Morgan fingerprint density at radius 3 is 2.20 bits per heavy atom. The van der Waals surface area contributed by atoms with Gasteiger partial charge in [0.2, 0.25) is 6.43 Å². The lowest BCUT2D eigenvalue weighted by Crippen LogP contribution is -2.26. The molecule has 1 N–H and O–H groups in total. The zero-order chi connectivity index (χ0) is 8.20. The van der Waals surface area contributed by atoms with Crippen molar-refractivity contribution in [2.75, 3.05) is 13.6 Å². The van der Waals surface area contributed by atoms with Gasteiger partial charge < -0.3 is 5.32 Å². The topological polar surface area (TPSA) is 12.0 Å². The van der Waals surface area contributed by atoms with E-state index in [1.807, 2.05) is 0 Å². The summed E-state index contributed by atoms with van der Waals surface area (Å²) in [5, 5.41) is 2.85. The molecule has 0 aromatic rings. The normalized spacial score (nSPS) is 12.6. The van der Waals surface area contributed by atoms with E-state index < -0.39 is 11.8 Å². The molecule has 62 valence electrons. The van der Waals surface area contributed by atoms with Crippen molar-refractivity contribution in [2.45, 2.75) is 26.7 Å². The minimum atomic E-state index is -2.22. The molecule has 3 heteroatoms. The van der Waals surface area contributed by atoms with Crippen molar-refractivity contribution in [3.8, 4) is 0 Å². The van der Waals surface area contributed by atoms with Crippen LogP contribution in [0.15, 0.2) is 0 Å². The van der Waals surface area contributed by atoms with E-state index in [4.69, 9.17) is 0 Å². The first-order valence-corrected chi connectivity index (χ1v) is 3.43. The summed E-state index contributed by atoms with van der Waals surface area (Å²) in [7, 11) is 1.77. The summed E-state index contributed by atoms with van der Waals surface area (Å²) in [6.45, 7) is 3.81. The minimum absolute atomic E-state index is 0.515. The van der Waals surface area contributed by atoms with Gasteiger partial charge in [0.05, 0.1) is 0 Å². The smallest absolute Gasteiger partial charge is 0.243 e. The van der Waals surface area contributed by atoms with Crippen molar-refractivity contribution < 1.29 is 8.78 Å². The Balaban J connectivity index is 3.63. The van der Waals surface area contributed by atoms with Crippen LogP contribution in [0.4, 0.5) is 8.78 Å². The molecule has 0 radical (unpaired) electrons. The van der Waals surface area contributed by atoms with Crippen molar-refractivity contribution in [1.29, 1.82) is 0 Å². The average Bonchev–Trinajstić information content (AvgIpc) is 1.84. The van der Waals surface area contributed by atoms with Crippen LogP contribution in [0.1, 0.15) is 20.3 Å². The number of hydrogen-bond acceptors (Lipinski definition) is 1. The van der Waals surface area contributed by atoms with Crippen LogP contribution in [-0.4, -0.2) is 20.0 Å². The summed E-state index contributed by atoms with van der Waals surface area (Å²) in [5.41, 5.74) is -0.844. The van der Waals surface area contributed by atoms with Gasteiger partial charge in [-0.05, 0) is 20.0 Å².